The van der Waals surface area contributed by atoms with Crippen molar-refractivity contribution in [2.75, 3.05) is 13.7 Å². The number of fused-ring (bicyclic) bond motifs is 1. The van der Waals surface area contributed by atoms with E-state index in [0.29, 0.717) is 32.5 Å². The van der Waals surface area contributed by atoms with Gasteiger partial charge in [0.05, 0.1) is 33.7 Å². The summed E-state index contributed by atoms with van der Waals surface area (Å²) in [5, 5.41) is 4.99. The van der Waals surface area contributed by atoms with E-state index >= 15 is 0 Å². The van der Waals surface area contributed by atoms with E-state index in [1.165, 1.54) is 18.0 Å². The van der Waals surface area contributed by atoms with E-state index in [9.17, 15) is 9.59 Å². The molecule has 0 unspecified atom stereocenters. The van der Waals surface area contributed by atoms with E-state index in [0.717, 1.165) is 4.47 Å². The topological polar surface area (TPSA) is 82.8 Å². The summed E-state index contributed by atoms with van der Waals surface area (Å²) in [6, 6.07) is 8.61. The number of esters is 1. The van der Waals surface area contributed by atoms with Gasteiger partial charge in [0.15, 0.2) is 12.4 Å². The monoisotopic (exact) mass is 541 g/mol. The highest BCUT2D eigenvalue weighted by Gasteiger charge is 2.12. The molecule has 0 radical (unpaired) electrons. The molecule has 3 rings (SSSR count). The predicted molar refractivity (Wildman–Crippen MR) is 118 cm³/mol. The summed E-state index contributed by atoms with van der Waals surface area (Å²) in [7, 11) is 1.27. The van der Waals surface area contributed by atoms with Crippen molar-refractivity contribution in [3.05, 3.63) is 66.0 Å². The van der Waals surface area contributed by atoms with E-state index in [4.69, 9.17) is 16.3 Å². The van der Waals surface area contributed by atoms with Gasteiger partial charge in [0.1, 0.15) is 5.82 Å². The number of aromatic nitrogens is 2. The molecule has 7 nitrogen and oxygen atoms in total. The Bertz CT molecular complexity index is 1170. The van der Waals surface area contributed by atoms with Crippen LogP contribution in [0.25, 0.3) is 10.9 Å². The van der Waals surface area contributed by atoms with Crippen LogP contribution in [0.15, 0.2) is 49.2 Å². The molecular formula is C19H14Br2ClN3O4. The quantitative estimate of drug-likeness (QED) is 0.354. The number of rotatable bonds is 5. The molecule has 3 aromatic rings. The number of hydrogen-bond acceptors (Lipinski definition) is 6. The molecule has 0 spiro atoms. The SMILES string of the molecule is COC(=O)COc1c(Cl)cc(C=Nn2c(C)nc3ccc(Br)cc3c2=O)cc1Br. The molecule has 1 heterocycles. The summed E-state index contributed by atoms with van der Waals surface area (Å²) in [4.78, 5) is 28.4. The number of carbonyl (C=O) groups excluding carboxylic acids is 1. The molecule has 0 N–H and O–H groups in total. The maximum absolute atomic E-state index is 12.8. The molecule has 0 saturated heterocycles. The molecule has 1 aromatic heterocycles. The van der Waals surface area contributed by atoms with Crippen LogP contribution in [-0.4, -0.2) is 35.6 Å². The molecule has 0 aliphatic heterocycles. The maximum Gasteiger partial charge on any atom is 0.343 e. The first-order valence-electron chi connectivity index (χ1n) is 8.22. The highest BCUT2D eigenvalue weighted by Crippen LogP contribution is 2.34. The van der Waals surface area contributed by atoms with Gasteiger partial charge in [0.2, 0.25) is 0 Å². The van der Waals surface area contributed by atoms with Crippen molar-refractivity contribution in [3.8, 4) is 5.75 Å². The van der Waals surface area contributed by atoms with Crippen LogP contribution in [0.4, 0.5) is 0 Å². The van der Waals surface area contributed by atoms with Gasteiger partial charge in [-0.1, -0.05) is 27.5 Å². The minimum absolute atomic E-state index is 0.269. The van der Waals surface area contributed by atoms with Crippen molar-refractivity contribution in [2.45, 2.75) is 6.92 Å². The second-order valence-corrected chi connectivity index (χ2v) is 8.04. The zero-order chi connectivity index (χ0) is 21.1. The lowest BCUT2D eigenvalue weighted by Gasteiger charge is -2.10. The van der Waals surface area contributed by atoms with E-state index in [-0.39, 0.29) is 17.2 Å². The van der Waals surface area contributed by atoms with Crippen molar-refractivity contribution in [3.63, 3.8) is 0 Å². The van der Waals surface area contributed by atoms with Crippen LogP contribution in [0.5, 0.6) is 5.75 Å². The first-order valence-corrected chi connectivity index (χ1v) is 10.2. The minimum atomic E-state index is -0.524. The van der Waals surface area contributed by atoms with Crippen LogP contribution in [0.1, 0.15) is 11.4 Å². The van der Waals surface area contributed by atoms with Crippen LogP contribution in [0.3, 0.4) is 0 Å². The third-order valence-corrected chi connectivity index (χ3v) is 5.24. The molecule has 2 aromatic carbocycles. The van der Waals surface area contributed by atoms with Crippen molar-refractivity contribution >= 4 is 66.5 Å². The molecule has 0 amide bonds. The molecule has 150 valence electrons. The first-order chi connectivity index (χ1) is 13.8. The van der Waals surface area contributed by atoms with Crippen LogP contribution in [0.2, 0.25) is 5.02 Å². The van der Waals surface area contributed by atoms with E-state index in [1.807, 2.05) is 6.07 Å². The van der Waals surface area contributed by atoms with Gasteiger partial charge in [0, 0.05) is 4.47 Å². The number of halogens is 3. The van der Waals surface area contributed by atoms with Gasteiger partial charge in [-0.3, -0.25) is 4.79 Å². The maximum atomic E-state index is 12.8. The molecule has 0 aliphatic carbocycles. The molecule has 0 fully saturated rings. The Morgan fingerprint density at radius 3 is 2.76 bits per heavy atom. The average molecular weight is 544 g/mol. The summed E-state index contributed by atoms with van der Waals surface area (Å²) < 4.78 is 12.4. The molecule has 10 heteroatoms. The Labute approximate surface area is 187 Å². The van der Waals surface area contributed by atoms with E-state index < -0.39 is 5.97 Å². The minimum Gasteiger partial charge on any atom is -0.479 e. The molecule has 0 atom stereocenters. The fraction of sp³-hybridized carbons (Fsp3) is 0.158. The molecular weight excluding hydrogens is 529 g/mol. The third-order valence-electron chi connectivity index (χ3n) is 3.88. The van der Waals surface area contributed by atoms with Gasteiger partial charge in [-0.15, -0.1) is 0 Å². The van der Waals surface area contributed by atoms with Crippen LogP contribution in [-0.2, 0) is 9.53 Å². The van der Waals surface area contributed by atoms with Crippen molar-refractivity contribution in [1.29, 1.82) is 0 Å². The standard InChI is InChI=1S/C19H14Br2ClN3O4/c1-10-24-16-4-3-12(20)7-13(16)19(27)25(10)23-8-11-5-14(21)18(15(22)6-11)29-9-17(26)28-2/h3-8H,9H2,1-2H3. The van der Waals surface area contributed by atoms with Crippen LogP contribution in [0, 0.1) is 6.92 Å². The average Bonchev–Trinajstić information content (AvgIpc) is 2.67. The van der Waals surface area contributed by atoms with Crippen molar-refractivity contribution in [2.24, 2.45) is 5.10 Å². The van der Waals surface area contributed by atoms with Gasteiger partial charge in [-0.2, -0.15) is 9.78 Å². The van der Waals surface area contributed by atoms with Crippen molar-refractivity contribution < 1.29 is 14.3 Å². The largest absolute Gasteiger partial charge is 0.479 e. The normalized spacial score (nSPS) is 11.2. The third kappa shape index (κ3) is 4.85. The number of carbonyl (C=O) groups is 1. The fourth-order valence-electron chi connectivity index (χ4n) is 2.50. The first kappa shape index (κ1) is 21.5. The molecule has 0 saturated carbocycles. The highest BCUT2D eigenvalue weighted by molar-refractivity contribution is 9.10. The second kappa shape index (κ2) is 9.06. The van der Waals surface area contributed by atoms with Gasteiger partial charge in [0.25, 0.3) is 5.56 Å². The number of ether oxygens (including phenoxy) is 2. The summed E-state index contributed by atoms with van der Waals surface area (Å²) in [6.45, 7) is 1.43. The Hall–Kier alpha value is -2.23. The van der Waals surface area contributed by atoms with E-state index in [2.05, 4.69) is 46.7 Å². The Balaban J connectivity index is 1.94. The van der Waals surface area contributed by atoms with Crippen molar-refractivity contribution in [1.82, 2.24) is 9.66 Å². The molecule has 0 aliphatic rings. The summed E-state index contributed by atoms with van der Waals surface area (Å²) in [5.74, 6) is 0.230. The number of methoxy groups -OCH3 is 1. The molecule has 0 bridgehead atoms. The van der Waals surface area contributed by atoms with Gasteiger partial charge in [-0.05, 0) is 58.7 Å². The predicted octanol–water partition coefficient (Wildman–Crippen LogP) is 4.32. The van der Waals surface area contributed by atoms with Crippen LogP contribution < -0.4 is 10.3 Å². The summed E-state index contributed by atoms with van der Waals surface area (Å²) in [6.07, 6.45) is 1.49. The zero-order valence-electron chi connectivity index (χ0n) is 15.3. The second-order valence-electron chi connectivity index (χ2n) is 5.86. The number of nitrogens with zero attached hydrogens (tertiary/aromatic N) is 3. The van der Waals surface area contributed by atoms with E-state index in [1.54, 1.807) is 31.2 Å². The summed E-state index contributed by atoms with van der Waals surface area (Å²) in [5.41, 5.74) is 0.932. The van der Waals surface area contributed by atoms with Gasteiger partial charge < -0.3 is 9.47 Å². The Morgan fingerprint density at radius 1 is 1.31 bits per heavy atom. The Morgan fingerprint density at radius 2 is 2.07 bits per heavy atom. The van der Waals surface area contributed by atoms with Gasteiger partial charge in [-0.25, -0.2) is 9.78 Å². The highest BCUT2D eigenvalue weighted by atomic mass is 79.9. The number of benzene rings is 2. The van der Waals surface area contributed by atoms with Crippen LogP contribution >= 0.6 is 43.5 Å². The van der Waals surface area contributed by atoms with Gasteiger partial charge >= 0.3 is 5.97 Å². The number of aryl methyl sites for hydroxylation is 1. The molecule has 29 heavy (non-hydrogen) atoms. The lowest BCUT2D eigenvalue weighted by Crippen LogP contribution is -2.20. The smallest absolute Gasteiger partial charge is 0.343 e. The summed E-state index contributed by atoms with van der Waals surface area (Å²) >= 11 is 13.0. The fourth-order valence-corrected chi connectivity index (χ4v) is 3.85. The Kier molecular flexibility index (Phi) is 6.71. The lowest BCUT2D eigenvalue weighted by atomic mass is 10.2. The lowest BCUT2D eigenvalue weighted by molar-refractivity contribution is -0.142. The number of hydrogen-bond donors (Lipinski definition) is 0. The zero-order valence-corrected chi connectivity index (χ0v) is 19.2.